The number of rotatable bonds is 4. The summed E-state index contributed by atoms with van der Waals surface area (Å²) >= 11 is 3.43. The normalized spacial score (nSPS) is 15.0. The Balaban J connectivity index is 2.84. The zero-order valence-electron chi connectivity index (χ0n) is 9.07. The summed E-state index contributed by atoms with van der Waals surface area (Å²) in [6.07, 6.45) is 0.621. The summed E-state index contributed by atoms with van der Waals surface area (Å²) < 4.78 is 0.997. The first-order chi connectivity index (χ1) is 6.97. The minimum Gasteiger partial charge on any atom is -0.393 e. The molecule has 2 atom stereocenters. The van der Waals surface area contributed by atoms with E-state index in [2.05, 4.69) is 15.9 Å². The molecule has 15 heavy (non-hydrogen) atoms. The van der Waals surface area contributed by atoms with Gasteiger partial charge in [-0.25, -0.2) is 0 Å². The highest BCUT2D eigenvalue weighted by atomic mass is 79.9. The van der Waals surface area contributed by atoms with Gasteiger partial charge in [0.15, 0.2) is 0 Å². The van der Waals surface area contributed by atoms with Crippen molar-refractivity contribution in [3.05, 3.63) is 33.8 Å². The van der Waals surface area contributed by atoms with E-state index in [0.717, 1.165) is 15.6 Å². The first-order valence-electron chi connectivity index (χ1n) is 5.12. The molecule has 1 aromatic rings. The van der Waals surface area contributed by atoms with Crippen molar-refractivity contribution in [1.29, 1.82) is 0 Å². The average Bonchev–Trinajstić information content (AvgIpc) is 1.98. The van der Waals surface area contributed by atoms with E-state index in [-0.39, 0.29) is 12.2 Å². The molecule has 2 nitrogen and oxygen atoms in total. The Kier molecular flexibility index (Phi) is 4.77. The lowest BCUT2D eigenvalue weighted by Crippen LogP contribution is -2.07. The van der Waals surface area contributed by atoms with Crippen molar-refractivity contribution >= 4 is 15.9 Å². The fourth-order valence-electron chi connectivity index (χ4n) is 1.64. The zero-order valence-corrected chi connectivity index (χ0v) is 10.7. The topological polar surface area (TPSA) is 40.5 Å². The quantitative estimate of drug-likeness (QED) is 0.883. The van der Waals surface area contributed by atoms with Crippen LogP contribution in [0.1, 0.15) is 25.0 Å². The van der Waals surface area contributed by atoms with Gasteiger partial charge in [-0.05, 0) is 49.9 Å². The van der Waals surface area contributed by atoms with Gasteiger partial charge in [0.05, 0.1) is 12.2 Å². The fraction of sp³-hybridized carbons (Fsp3) is 0.500. The molecule has 2 N–H and O–H groups in total. The van der Waals surface area contributed by atoms with Crippen molar-refractivity contribution in [3.8, 4) is 0 Å². The predicted molar refractivity (Wildman–Crippen MR) is 64.9 cm³/mol. The van der Waals surface area contributed by atoms with Crippen LogP contribution in [-0.2, 0) is 12.8 Å². The van der Waals surface area contributed by atoms with Crippen LogP contribution < -0.4 is 0 Å². The number of hydrogen-bond donors (Lipinski definition) is 2. The molecular weight excluding hydrogens is 256 g/mol. The summed E-state index contributed by atoms with van der Waals surface area (Å²) in [5, 5.41) is 18.6. The Bertz CT molecular complexity index is 293. The first-order valence-corrected chi connectivity index (χ1v) is 5.91. The van der Waals surface area contributed by atoms with E-state index in [1.54, 1.807) is 13.8 Å². The van der Waals surface area contributed by atoms with Crippen molar-refractivity contribution in [2.24, 2.45) is 0 Å². The Morgan fingerprint density at radius 1 is 1.00 bits per heavy atom. The van der Waals surface area contributed by atoms with Gasteiger partial charge in [0.25, 0.3) is 0 Å². The third-order valence-electron chi connectivity index (χ3n) is 2.08. The van der Waals surface area contributed by atoms with Gasteiger partial charge < -0.3 is 10.2 Å². The molecule has 0 spiro atoms. The molecule has 0 aliphatic rings. The molecule has 0 amide bonds. The van der Waals surface area contributed by atoms with Gasteiger partial charge in [-0.3, -0.25) is 0 Å². The highest BCUT2D eigenvalue weighted by Crippen LogP contribution is 2.18. The number of halogens is 1. The molecule has 0 saturated carbocycles. The number of aliphatic hydroxyl groups is 2. The molecule has 1 rings (SSSR count). The molecule has 0 bridgehead atoms. The van der Waals surface area contributed by atoms with Gasteiger partial charge in [0.2, 0.25) is 0 Å². The van der Waals surface area contributed by atoms with Crippen molar-refractivity contribution in [3.63, 3.8) is 0 Å². The van der Waals surface area contributed by atoms with Crippen LogP contribution in [-0.4, -0.2) is 22.4 Å². The molecule has 2 unspecified atom stereocenters. The van der Waals surface area contributed by atoms with Gasteiger partial charge in [-0.15, -0.1) is 0 Å². The summed E-state index contributed by atoms with van der Waals surface area (Å²) in [6, 6.07) is 6.03. The van der Waals surface area contributed by atoms with E-state index >= 15 is 0 Å². The van der Waals surface area contributed by atoms with E-state index in [1.165, 1.54) is 0 Å². The van der Waals surface area contributed by atoms with Gasteiger partial charge in [0.1, 0.15) is 0 Å². The van der Waals surface area contributed by atoms with Crippen LogP contribution in [0.25, 0.3) is 0 Å². The van der Waals surface area contributed by atoms with E-state index in [0.29, 0.717) is 12.8 Å². The summed E-state index contributed by atoms with van der Waals surface area (Å²) in [4.78, 5) is 0. The second kappa shape index (κ2) is 5.64. The van der Waals surface area contributed by atoms with E-state index in [1.807, 2.05) is 18.2 Å². The molecular formula is C12H17BrO2. The van der Waals surface area contributed by atoms with E-state index in [4.69, 9.17) is 0 Å². The maximum absolute atomic E-state index is 9.30. The SMILES string of the molecule is CC(O)Cc1cc(Br)cc(CC(C)O)c1. The second-order valence-electron chi connectivity index (χ2n) is 4.07. The summed E-state index contributed by atoms with van der Waals surface area (Å²) in [7, 11) is 0. The lowest BCUT2D eigenvalue weighted by molar-refractivity contribution is 0.194. The monoisotopic (exact) mass is 272 g/mol. The van der Waals surface area contributed by atoms with Crippen molar-refractivity contribution in [1.82, 2.24) is 0 Å². The minimum absolute atomic E-state index is 0.335. The highest BCUT2D eigenvalue weighted by molar-refractivity contribution is 9.10. The Morgan fingerprint density at radius 2 is 1.40 bits per heavy atom. The molecule has 0 aliphatic carbocycles. The molecule has 0 aliphatic heterocycles. The number of hydrogen-bond acceptors (Lipinski definition) is 2. The molecule has 0 aromatic heterocycles. The Labute approximate surface area is 99.1 Å². The van der Waals surface area contributed by atoms with Crippen LogP contribution in [0.3, 0.4) is 0 Å². The predicted octanol–water partition coefficient (Wildman–Crippen LogP) is 2.30. The largest absolute Gasteiger partial charge is 0.393 e. The van der Waals surface area contributed by atoms with Crippen LogP contribution in [0.5, 0.6) is 0 Å². The van der Waals surface area contributed by atoms with Crippen LogP contribution in [0.2, 0.25) is 0 Å². The molecule has 0 heterocycles. The maximum atomic E-state index is 9.30. The number of aliphatic hydroxyl groups excluding tert-OH is 2. The van der Waals surface area contributed by atoms with Crippen molar-refractivity contribution < 1.29 is 10.2 Å². The minimum atomic E-state index is -0.335. The first kappa shape index (κ1) is 12.7. The third kappa shape index (κ3) is 4.78. The van der Waals surface area contributed by atoms with Gasteiger partial charge in [0, 0.05) is 4.47 Å². The molecule has 0 radical (unpaired) electrons. The van der Waals surface area contributed by atoms with Crippen LogP contribution in [0, 0.1) is 0 Å². The fourth-order valence-corrected chi connectivity index (χ4v) is 2.22. The average molecular weight is 273 g/mol. The maximum Gasteiger partial charge on any atom is 0.0552 e. The molecule has 0 fully saturated rings. The van der Waals surface area contributed by atoms with E-state index in [9.17, 15) is 10.2 Å². The smallest absolute Gasteiger partial charge is 0.0552 e. The molecule has 1 aromatic carbocycles. The van der Waals surface area contributed by atoms with E-state index < -0.39 is 0 Å². The molecule has 84 valence electrons. The lowest BCUT2D eigenvalue weighted by Gasteiger charge is -2.09. The Hall–Kier alpha value is -0.380. The van der Waals surface area contributed by atoms with Crippen molar-refractivity contribution in [2.75, 3.05) is 0 Å². The van der Waals surface area contributed by atoms with Gasteiger partial charge in [-0.2, -0.15) is 0 Å². The van der Waals surface area contributed by atoms with Crippen LogP contribution >= 0.6 is 15.9 Å². The standard InChI is InChI=1S/C12H17BrO2/c1-8(14)3-10-5-11(4-9(2)15)7-12(13)6-10/h5-9,14-15H,3-4H2,1-2H3. The Morgan fingerprint density at radius 3 is 1.73 bits per heavy atom. The van der Waals surface area contributed by atoms with Crippen LogP contribution in [0.4, 0.5) is 0 Å². The summed E-state index contributed by atoms with van der Waals surface area (Å²) in [5.74, 6) is 0. The van der Waals surface area contributed by atoms with Gasteiger partial charge in [-0.1, -0.05) is 22.0 Å². The van der Waals surface area contributed by atoms with Gasteiger partial charge >= 0.3 is 0 Å². The second-order valence-corrected chi connectivity index (χ2v) is 4.99. The third-order valence-corrected chi connectivity index (χ3v) is 2.54. The lowest BCUT2D eigenvalue weighted by atomic mass is 10.0. The molecule has 3 heteroatoms. The zero-order chi connectivity index (χ0) is 11.4. The highest BCUT2D eigenvalue weighted by Gasteiger charge is 2.05. The summed E-state index contributed by atoms with van der Waals surface area (Å²) in [5.41, 5.74) is 2.19. The van der Waals surface area contributed by atoms with Crippen molar-refractivity contribution in [2.45, 2.75) is 38.9 Å². The number of benzene rings is 1. The molecule has 0 saturated heterocycles. The van der Waals surface area contributed by atoms with Crippen LogP contribution in [0.15, 0.2) is 22.7 Å². The summed E-state index contributed by atoms with van der Waals surface area (Å²) in [6.45, 7) is 3.55.